The molecule has 0 unspecified atom stereocenters. The van der Waals surface area contributed by atoms with Gasteiger partial charge in [-0.3, -0.25) is 0 Å². The second-order valence-corrected chi connectivity index (χ2v) is 5.44. The summed E-state index contributed by atoms with van der Waals surface area (Å²) >= 11 is 18.3. The zero-order valence-electron chi connectivity index (χ0n) is 10.5. The van der Waals surface area contributed by atoms with Crippen molar-refractivity contribution in [3.05, 3.63) is 51.5 Å². The van der Waals surface area contributed by atoms with Crippen molar-refractivity contribution in [2.45, 2.75) is 0 Å². The van der Waals surface area contributed by atoms with Gasteiger partial charge in [0, 0.05) is 5.56 Å². The smallest absolute Gasteiger partial charge is 0.187 e. The molecular weight excluding hydrogens is 333 g/mol. The predicted octanol–water partition coefficient (Wildman–Crippen LogP) is 3.87. The average Bonchev–Trinajstić information content (AvgIpc) is 2.91. The lowest BCUT2D eigenvalue weighted by Gasteiger charge is -2.09. The number of benzene rings is 2. The summed E-state index contributed by atoms with van der Waals surface area (Å²) in [6.45, 7) is 0. The highest BCUT2D eigenvalue weighted by molar-refractivity contribution is 6.37. The van der Waals surface area contributed by atoms with Gasteiger partial charge in [-0.25, -0.2) is 0 Å². The molecule has 3 rings (SSSR count). The highest BCUT2D eigenvalue weighted by Gasteiger charge is 2.16. The molecule has 1 aromatic heterocycles. The summed E-state index contributed by atoms with van der Waals surface area (Å²) in [5.74, 6) is 0.466. The zero-order valence-corrected chi connectivity index (χ0v) is 12.7. The van der Waals surface area contributed by atoms with E-state index in [1.54, 1.807) is 36.4 Å². The molecule has 0 atom stereocenters. The zero-order chi connectivity index (χ0) is 15.0. The van der Waals surface area contributed by atoms with Gasteiger partial charge in [0.25, 0.3) is 0 Å². The van der Waals surface area contributed by atoms with E-state index in [-0.39, 0.29) is 0 Å². The Morgan fingerprint density at radius 1 is 0.952 bits per heavy atom. The van der Waals surface area contributed by atoms with Crippen molar-refractivity contribution in [2.75, 3.05) is 5.73 Å². The maximum Gasteiger partial charge on any atom is 0.187 e. The summed E-state index contributed by atoms with van der Waals surface area (Å²) in [4.78, 5) is 0. The SMILES string of the molecule is Nc1cc(-c2nnnn2-c2c(Cl)cccc2Cl)ccc1Cl. The first-order chi connectivity index (χ1) is 10.1. The molecule has 0 aliphatic carbocycles. The first-order valence-corrected chi connectivity index (χ1v) is 6.99. The molecule has 0 amide bonds. The Kier molecular flexibility index (Phi) is 3.71. The van der Waals surface area contributed by atoms with Gasteiger partial charge in [-0.15, -0.1) is 5.10 Å². The largest absolute Gasteiger partial charge is 0.398 e. The molecule has 2 aromatic carbocycles. The third-order valence-corrected chi connectivity index (χ3v) is 3.83. The lowest BCUT2D eigenvalue weighted by atomic mass is 10.2. The molecule has 0 fully saturated rings. The Labute approximate surface area is 135 Å². The third kappa shape index (κ3) is 2.55. The second kappa shape index (κ2) is 5.52. The average molecular weight is 341 g/mol. The van der Waals surface area contributed by atoms with Gasteiger partial charge in [0.2, 0.25) is 0 Å². The van der Waals surface area contributed by atoms with Crippen LogP contribution in [0, 0.1) is 0 Å². The molecule has 0 radical (unpaired) electrons. The number of nitrogen functional groups attached to an aromatic ring is 1. The highest BCUT2D eigenvalue weighted by Crippen LogP contribution is 2.32. The van der Waals surface area contributed by atoms with E-state index in [4.69, 9.17) is 40.5 Å². The van der Waals surface area contributed by atoms with Crippen molar-refractivity contribution in [3.8, 4) is 17.1 Å². The van der Waals surface area contributed by atoms with Crippen LogP contribution in [0.5, 0.6) is 0 Å². The van der Waals surface area contributed by atoms with Crippen LogP contribution in [0.4, 0.5) is 5.69 Å². The molecule has 0 saturated heterocycles. The molecule has 0 bridgehead atoms. The number of nitrogens with zero attached hydrogens (tertiary/aromatic N) is 4. The van der Waals surface area contributed by atoms with Crippen LogP contribution in [0.3, 0.4) is 0 Å². The van der Waals surface area contributed by atoms with Crippen molar-refractivity contribution >= 4 is 40.5 Å². The number of anilines is 1. The van der Waals surface area contributed by atoms with E-state index < -0.39 is 0 Å². The van der Waals surface area contributed by atoms with Crippen molar-refractivity contribution in [1.29, 1.82) is 0 Å². The number of hydrogen-bond donors (Lipinski definition) is 1. The Bertz CT molecular complexity index is 795. The van der Waals surface area contributed by atoms with E-state index in [1.165, 1.54) is 4.68 Å². The monoisotopic (exact) mass is 339 g/mol. The second-order valence-electron chi connectivity index (χ2n) is 4.22. The fourth-order valence-electron chi connectivity index (χ4n) is 1.89. The fourth-order valence-corrected chi connectivity index (χ4v) is 2.57. The van der Waals surface area contributed by atoms with E-state index in [1.807, 2.05) is 0 Å². The van der Waals surface area contributed by atoms with Crippen LogP contribution < -0.4 is 5.73 Å². The summed E-state index contributed by atoms with van der Waals surface area (Å²) in [7, 11) is 0. The van der Waals surface area contributed by atoms with Crippen LogP contribution in [0.25, 0.3) is 17.1 Å². The maximum atomic E-state index is 6.19. The molecule has 1 heterocycles. The number of nitrogens with two attached hydrogens (primary N) is 1. The summed E-state index contributed by atoms with van der Waals surface area (Å²) < 4.78 is 1.47. The van der Waals surface area contributed by atoms with E-state index in [9.17, 15) is 0 Å². The molecule has 5 nitrogen and oxygen atoms in total. The molecule has 2 N–H and O–H groups in total. The third-order valence-electron chi connectivity index (χ3n) is 2.87. The van der Waals surface area contributed by atoms with E-state index in [2.05, 4.69) is 15.5 Å². The number of tetrazole rings is 1. The number of halogens is 3. The molecule has 106 valence electrons. The van der Waals surface area contributed by atoms with Crippen LogP contribution in [0.2, 0.25) is 15.1 Å². The van der Waals surface area contributed by atoms with Gasteiger partial charge < -0.3 is 5.73 Å². The molecule has 8 heteroatoms. The normalized spacial score (nSPS) is 10.8. The first-order valence-electron chi connectivity index (χ1n) is 5.86. The molecule has 3 aromatic rings. The summed E-state index contributed by atoms with van der Waals surface area (Å²) in [5.41, 5.74) is 7.47. The number of aromatic nitrogens is 4. The minimum absolute atomic E-state index is 0.439. The fraction of sp³-hybridized carbons (Fsp3) is 0. The summed E-state index contributed by atoms with van der Waals surface area (Å²) in [6.07, 6.45) is 0. The van der Waals surface area contributed by atoms with Gasteiger partial charge in [0.1, 0.15) is 5.69 Å². The van der Waals surface area contributed by atoms with Crippen LogP contribution in [0.15, 0.2) is 36.4 Å². The van der Waals surface area contributed by atoms with Gasteiger partial charge in [0.15, 0.2) is 5.82 Å². The number of para-hydroxylation sites is 1. The molecule has 0 aliphatic rings. The van der Waals surface area contributed by atoms with Gasteiger partial charge in [-0.05, 0) is 40.8 Å². The maximum absolute atomic E-state index is 6.19. The van der Waals surface area contributed by atoms with Crippen molar-refractivity contribution < 1.29 is 0 Å². The number of hydrogen-bond acceptors (Lipinski definition) is 4. The Morgan fingerprint density at radius 2 is 1.67 bits per heavy atom. The lowest BCUT2D eigenvalue weighted by Crippen LogP contribution is -2.02. The minimum Gasteiger partial charge on any atom is -0.398 e. The van der Waals surface area contributed by atoms with Crippen molar-refractivity contribution in [1.82, 2.24) is 20.2 Å². The van der Waals surface area contributed by atoms with Gasteiger partial charge in [-0.1, -0.05) is 40.9 Å². The summed E-state index contributed by atoms with van der Waals surface area (Å²) in [6, 6.07) is 10.3. The van der Waals surface area contributed by atoms with E-state index >= 15 is 0 Å². The summed E-state index contributed by atoms with van der Waals surface area (Å²) in [5, 5.41) is 13.0. The molecule has 0 aliphatic heterocycles. The Hall–Kier alpha value is -1.82. The Balaban J connectivity index is 2.20. The minimum atomic E-state index is 0.439. The molecule has 0 saturated carbocycles. The lowest BCUT2D eigenvalue weighted by molar-refractivity contribution is 0.791. The molecular formula is C13H8Cl3N5. The first kappa shape index (κ1) is 14.1. The topological polar surface area (TPSA) is 69.6 Å². The van der Waals surface area contributed by atoms with Crippen LogP contribution >= 0.6 is 34.8 Å². The highest BCUT2D eigenvalue weighted by atomic mass is 35.5. The molecule has 0 spiro atoms. The molecule has 21 heavy (non-hydrogen) atoms. The van der Waals surface area contributed by atoms with Crippen LogP contribution in [-0.4, -0.2) is 20.2 Å². The van der Waals surface area contributed by atoms with Gasteiger partial charge in [0.05, 0.1) is 20.8 Å². The van der Waals surface area contributed by atoms with Crippen LogP contribution in [-0.2, 0) is 0 Å². The van der Waals surface area contributed by atoms with Crippen molar-refractivity contribution in [2.24, 2.45) is 0 Å². The van der Waals surface area contributed by atoms with E-state index in [0.717, 1.165) is 0 Å². The quantitative estimate of drug-likeness (QED) is 0.719. The van der Waals surface area contributed by atoms with Crippen LogP contribution in [0.1, 0.15) is 0 Å². The van der Waals surface area contributed by atoms with E-state index in [0.29, 0.717) is 37.8 Å². The van der Waals surface area contributed by atoms with Gasteiger partial charge in [-0.2, -0.15) is 4.68 Å². The Morgan fingerprint density at radius 3 is 2.33 bits per heavy atom. The van der Waals surface area contributed by atoms with Gasteiger partial charge >= 0.3 is 0 Å². The predicted molar refractivity (Wildman–Crippen MR) is 84.0 cm³/mol. The number of rotatable bonds is 2. The van der Waals surface area contributed by atoms with Crippen molar-refractivity contribution in [3.63, 3.8) is 0 Å². The standard InChI is InChI=1S/C13H8Cl3N5/c14-8-5-4-7(6-11(8)17)13-18-19-20-21(13)12-9(15)2-1-3-10(12)16/h1-6H,17H2.